The van der Waals surface area contributed by atoms with Gasteiger partial charge in [-0.15, -0.1) is 11.8 Å². The number of nitrogens with one attached hydrogen (secondary N) is 1. The van der Waals surface area contributed by atoms with E-state index in [9.17, 15) is 4.79 Å². The van der Waals surface area contributed by atoms with Crippen molar-refractivity contribution < 1.29 is 4.79 Å². The van der Waals surface area contributed by atoms with Crippen molar-refractivity contribution in [3.05, 3.63) is 0 Å². The van der Waals surface area contributed by atoms with Crippen LogP contribution in [-0.2, 0) is 4.79 Å². The molecule has 1 saturated heterocycles. The lowest BCUT2D eigenvalue weighted by Gasteiger charge is -2.13. The van der Waals surface area contributed by atoms with Gasteiger partial charge in [-0.2, -0.15) is 0 Å². The number of amides is 1. The van der Waals surface area contributed by atoms with E-state index in [1.807, 2.05) is 0 Å². The zero-order valence-electron chi connectivity index (χ0n) is 8.59. The minimum absolute atomic E-state index is 0.228. The van der Waals surface area contributed by atoms with Gasteiger partial charge in [-0.25, -0.2) is 0 Å². The standard InChI is InChI=1S/C10H18BrNOS/c1-8(4-5-11)7-12-10(13)9-3-2-6-14-9/h8-9H,2-7H2,1H3,(H,12,13). The van der Waals surface area contributed by atoms with Crippen molar-refractivity contribution in [1.29, 1.82) is 0 Å². The molecular weight excluding hydrogens is 262 g/mol. The lowest BCUT2D eigenvalue weighted by atomic mass is 10.1. The zero-order chi connectivity index (χ0) is 10.4. The molecule has 0 aromatic rings. The SMILES string of the molecule is CC(CCBr)CNC(=O)C1CCCS1. The van der Waals surface area contributed by atoms with Gasteiger partial charge in [0.05, 0.1) is 5.25 Å². The predicted molar refractivity (Wildman–Crippen MR) is 66.1 cm³/mol. The fourth-order valence-corrected chi connectivity index (χ4v) is 3.43. The molecule has 2 unspecified atom stereocenters. The Balaban J connectivity index is 2.13. The van der Waals surface area contributed by atoms with E-state index in [-0.39, 0.29) is 11.2 Å². The molecule has 1 aliphatic rings. The van der Waals surface area contributed by atoms with Crippen LogP contribution >= 0.6 is 27.7 Å². The number of carbonyl (C=O) groups excluding carboxylic acids is 1. The van der Waals surface area contributed by atoms with Crippen LogP contribution in [0.15, 0.2) is 0 Å². The summed E-state index contributed by atoms with van der Waals surface area (Å²) >= 11 is 5.20. The Labute approximate surface area is 98.7 Å². The summed E-state index contributed by atoms with van der Waals surface area (Å²) in [6.45, 7) is 2.99. The van der Waals surface area contributed by atoms with Crippen molar-refractivity contribution in [2.24, 2.45) is 5.92 Å². The van der Waals surface area contributed by atoms with Gasteiger partial charge in [0.15, 0.2) is 0 Å². The average molecular weight is 280 g/mol. The minimum Gasteiger partial charge on any atom is -0.355 e. The largest absolute Gasteiger partial charge is 0.355 e. The molecule has 14 heavy (non-hydrogen) atoms. The second kappa shape index (κ2) is 6.72. The van der Waals surface area contributed by atoms with Crippen LogP contribution in [-0.4, -0.2) is 28.8 Å². The van der Waals surface area contributed by atoms with Crippen molar-refractivity contribution in [3.63, 3.8) is 0 Å². The Hall–Kier alpha value is 0.300. The van der Waals surface area contributed by atoms with Crippen LogP contribution in [0.2, 0.25) is 0 Å². The van der Waals surface area contributed by atoms with Crippen molar-refractivity contribution in [2.75, 3.05) is 17.6 Å². The zero-order valence-corrected chi connectivity index (χ0v) is 11.0. The van der Waals surface area contributed by atoms with Gasteiger partial charge in [-0.1, -0.05) is 22.9 Å². The molecule has 4 heteroatoms. The molecule has 1 aliphatic heterocycles. The summed E-state index contributed by atoms with van der Waals surface area (Å²) in [5, 5.41) is 4.27. The molecule has 0 aromatic heterocycles. The highest BCUT2D eigenvalue weighted by Gasteiger charge is 2.23. The van der Waals surface area contributed by atoms with Gasteiger partial charge in [0.2, 0.25) is 5.91 Å². The molecule has 1 heterocycles. The van der Waals surface area contributed by atoms with E-state index in [4.69, 9.17) is 0 Å². The topological polar surface area (TPSA) is 29.1 Å². The monoisotopic (exact) mass is 279 g/mol. The average Bonchev–Trinajstić information content (AvgIpc) is 2.67. The van der Waals surface area contributed by atoms with Gasteiger partial charge in [0.1, 0.15) is 0 Å². The molecule has 1 N–H and O–H groups in total. The number of thioether (sulfide) groups is 1. The molecule has 0 radical (unpaired) electrons. The summed E-state index contributed by atoms with van der Waals surface area (Å²) < 4.78 is 0. The molecule has 2 nitrogen and oxygen atoms in total. The molecule has 1 amide bonds. The quantitative estimate of drug-likeness (QED) is 0.784. The van der Waals surface area contributed by atoms with Crippen LogP contribution in [0.4, 0.5) is 0 Å². The first kappa shape index (κ1) is 12.4. The lowest BCUT2D eigenvalue weighted by molar-refractivity contribution is -0.120. The number of hydrogen-bond acceptors (Lipinski definition) is 2. The molecule has 0 spiro atoms. The Morgan fingerprint density at radius 3 is 3.07 bits per heavy atom. The first-order valence-electron chi connectivity index (χ1n) is 5.19. The number of rotatable bonds is 5. The van der Waals surface area contributed by atoms with Gasteiger partial charge < -0.3 is 5.32 Å². The van der Waals surface area contributed by atoms with Crippen molar-refractivity contribution in [3.8, 4) is 0 Å². The Kier molecular flexibility index (Phi) is 5.94. The van der Waals surface area contributed by atoms with E-state index in [0.717, 1.165) is 30.5 Å². The second-order valence-electron chi connectivity index (χ2n) is 3.83. The first-order chi connectivity index (χ1) is 6.74. The molecule has 0 saturated carbocycles. The highest BCUT2D eigenvalue weighted by molar-refractivity contribution is 9.09. The third-order valence-corrected chi connectivity index (χ3v) is 4.28. The van der Waals surface area contributed by atoms with Crippen molar-refractivity contribution in [2.45, 2.75) is 31.4 Å². The van der Waals surface area contributed by atoms with Crippen LogP contribution in [0.5, 0.6) is 0 Å². The summed E-state index contributed by atoms with van der Waals surface area (Å²) in [6.07, 6.45) is 3.38. The van der Waals surface area contributed by atoms with Crippen LogP contribution in [0.1, 0.15) is 26.2 Å². The third kappa shape index (κ3) is 4.22. The normalized spacial score (nSPS) is 23.4. The van der Waals surface area contributed by atoms with Gasteiger partial charge in [0.25, 0.3) is 0 Å². The van der Waals surface area contributed by atoms with E-state index < -0.39 is 0 Å². The Morgan fingerprint density at radius 2 is 2.50 bits per heavy atom. The molecule has 0 aromatic carbocycles. The number of halogens is 1. The highest BCUT2D eigenvalue weighted by Crippen LogP contribution is 2.25. The van der Waals surface area contributed by atoms with E-state index in [2.05, 4.69) is 28.2 Å². The van der Waals surface area contributed by atoms with Crippen LogP contribution < -0.4 is 5.32 Å². The van der Waals surface area contributed by atoms with Crippen LogP contribution in [0.3, 0.4) is 0 Å². The van der Waals surface area contributed by atoms with Gasteiger partial charge >= 0.3 is 0 Å². The minimum atomic E-state index is 0.228. The smallest absolute Gasteiger partial charge is 0.233 e. The molecule has 1 rings (SSSR count). The second-order valence-corrected chi connectivity index (χ2v) is 5.93. The van der Waals surface area contributed by atoms with E-state index in [0.29, 0.717) is 5.92 Å². The summed E-state index contributed by atoms with van der Waals surface area (Å²) in [6, 6.07) is 0. The molecule has 0 bridgehead atoms. The fourth-order valence-electron chi connectivity index (χ4n) is 1.46. The molecule has 82 valence electrons. The maximum absolute atomic E-state index is 11.6. The first-order valence-corrected chi connectivity index (χ1v) is 7.36. The molecule has 0 aliphatic carbocycles. The maximum atomic E-state index is 11.6. The molecule has 2 atom stereocenters. The summed E-state index contributed by atoms with van der Waals surface area (Å²) in [7, 11) is 0. The number of carbonyl (C=O) groups is 1. The Bertz CT molecular complexity index is 183. The van der Waals surface area contributed by atoms with Gasteiger partial charge in [-0.3, -0.25) is 4.79 Å². The van der Waals surface area contributed by atoms with Gasteiger partial charge in [0, 0.05) is 11.9 Å². The van der Waals surface area contributed by atoms with E-state index in [1.54, 1.807) is 11.8 Å². The number of hydrogen-bond donors (Lipinski definition) is 1. The van der Waals surface area contributed by atoms with Crippen molar-refractivity contribution in [1.82, 2.24) is 5.32 Å². The summed E-state index contributed by atoms with van der Waals surface area (Å²) in [5.74, 6) is 1.97. The summed E-state index contributed by atoms with van der Waals surface area (Å²) in [4.78, 5) is 11.6. The molecule has 1 fully saturated rings. The number of alkyl halides is 1. The Morgan fingerprint density at radius 1 is 1.71 bits per heavy atom. The predicted octanol–water partition coefficient (Wildman–Crippen LogP) is 2.42. The summed E-state index contributed by atoms with van der Waals surface area (Å²) in [5.41, 5.74) is 0. The van der Waals surface area contributed by atoms with Gasteiger partial charge in [-0.05, 0) is 30.9 Å². The lowest BCUT2D eigenvalue weighted by Crippen LogP contribution is -2.34. The molecular formula is C10H18BrNOS. The van der Waals surface area contributed by atoms with Crippen LogP contribution in [0, 0.1) is 5.92 Å². The van der Waals surface area contributed by atoms with Crippen molar-refractivity contribution >= 4 is 33.6 Å². The fraction of sp³-hybridized carbons (Fsp3) is 0.900. The van der Waals surface area contributed by atoms with Crippen LogP contribution in [0.25, 0.3) is 0 Å². The highest BCUT2D eigenvalue weighted by atomic mass is 79.9. The van der Waals surface area contributed by atoms with E-state index >= 15 is 0 Å². The van der Waals surface area contributed by atoms with E-state index in [1.165, 1.54) is 6.42 Å². The maximum Gasteiger partial charge on any atom is 0.233 e. The third-order valence-electron chi connectivity index (χ3n) is 2.45.